The summed E-state index contributed by atoms with van der Waals surface area (Å²) in [4.78, 5) is 14.7. The van der Waals surface area contributed by atoms with Crippen LogP contribution in [0.15, 0.2) is 0 Å². The molecule has 1 fully saturated rings. The molecule has 1 saturated carbocycles. The Balaban J connectivity index is 2.56. The van der Waals surface area contributed by atoms with E-state index in [1.54, 1.807) is 0 Å². The van der Waals surface area contributed by atoms with E-state index in [9.17, 15) is 4.79 Å². The Morgan fingerprint density at radius 1 is 1.22 bits per heavy atom. The van der Waals surface area contributed by atoms with Crippen molar-refractivity contribution in [2.24, 2.45) is 11.3 Å². The molecule has 0 N–H and O–H groups in total. The van der Waals surface area contributed by atoms with Gasteiger partial charge in [0.15, 0.2) is 5.78 Å². The molecule has 0 radical (unpaired) electrons. The lowest BCUT2D eigenvalue weighted by molar-refractivity contribution is -0.128. The molecule has 0 aromatic rings. The van der Waals surface area contributed by atoms with Crippen LogP contribution in [0.4, 0.5) is 0 Å². The van der Waals surface area contributed by atoms with Gasteiger partial charge in [-0.1, -0.05) is 47.5 Å². The molecule has 0 aliphatic heterocycles. The summed E-state index contributed by atoms with van der Waals surface area (Å²) < 4.78 is 0. The summed E-state index contributed by atoms with van der Waals surface area (Å²) in [6, 6.07) is 0.662. The summed E-state index contributed by atoms with van der Waals surface area (Å²) >= 11 is 0. The summed E-state index contributed by atoms with van der Waals surface area (Å²) in [5, 5.41) is 0. The minimum Gasteiger partial charge on any atom is -0.298 e. The van der Waals surface area contributed by atoms with Crippen LogP contribution in [0.25, 0.3) is 0 Å². The highest BCUT2D eigenvalue weighted by atomic mass is 16.1. The normalized spacial score (nSPS) is 17.9. The monoisotopic (exact) mass is 253 g/mol. The van der Waals surface area contributed by atoms with E-state index < -0.39 is 0 Å². The molecule has 0 bridgehead atoms. The van der Waals surface area contributed by atoms with E-state index in [2.05, 4.69) is 18.7 Å². The third-order valence-corrected chi connectivity index (χ3v) is 4.02. The Bertz CT molecular complexity index is 259. The number of ketones is 1. The lowest BCUT2D eigenvalue weighted by Crippen LogP contribution is -2.42. The number of Topliss-reactive ketones (excluding diaryl/α,β-unsaturated/α-hetero) is 1. The molecule has 1 aliphatic rings. The fourth-order valence-corrected chi connectivity index (χ4v) is 2.51. The number of carbonyl (C=O) groups is 1. The van der Waals surface area contributed by atoms with Gasteiger partial charge in [-0.3, -0.25) is 9.69 Å². The summed E-state index contributed by atoms with van der Waals surface area (Å²) in [6.07, 6.45) is 6.46. The molecule has 0 atom stereocenters. The van der Waals surface area contributed by atoms with Crippen molar-refractivity contribution in [2.45, 2.75) is 72.8 Å². The van der Waals surface area contributed by atoms with E-state index in [4.69, 9.17) is 0 Å². The van der Waals surface area contributed by atoms with Crippen molar-refractivity contribution >= 4 is 5.78 Å². The average Bonchev–Trinajstić information content (AvgIpc) is 2.75. The number of nitrogens with zero attached hydrogens (tertiary/aromatic N) is 1. The van der Waals surface area contributed by atoms with Crippen LogP contribution in [-0.4, -0.2) is 29.8 Å². The highest BCUT2D eigenvalue weighted by molar-refractivity contribution is 5.85. The SMILES string of the molecule is CC(C)CCN(CC(=O)C(C)(C)C)C1CCCC1. The molecule has 1 rings (SSSR count). The highest BCUT2D eigenvalue weighted by Gasteiger charge is 2.28. The first-order valence-electron chi connectivity index (χ1n) is 7.58. The fourth-order valence-electron chi connectivity index (χ4n) is 2.51. The first-order valence-corrected chi connectivity index (χ1v) is 7.58. The zero-order valence-electron chi connectivity index (χ0n) is 13.0. The molecule has 0 aromatic carbocycles. The fraction of sp³-hybridized carbons (Fsp3) is 0.938. The number of rotatable bonds is 6. The van der Waals surface area contributed by atoms with Gasteiger partial charge in [0.2, 0.25) is 0 Å². The smallest absolute Gasteiger partial charge is 0.152 e. The van der Waals surface area contributed by atoms with Crippen molar-refractivity contribution in [3.8, 4) is 0 Å². The zero-order valence-corrected chi connectivity index (χ0v) is 13.0. The van der Waals surface area contributed by atoms with Gasteiger partial charge < -0.3 is 0 Å². The summed E-state index contributed by atoms with van der Waals surface area (Å²) in [5.41, 5.74) is -0.200. The van der Waals surface area contributed by atoms with Crippen LogP contribution in [0.5, 0.6) is 0 Å². The van der Waals surface area contributed by atoms with Gasteiger partial charge in [-0.05, 0) is 31.7 Å². The quantitative estimate of drug-likeness (QED) is 0.715. The van der Waals surface area contributed by atoms with Gasteiger partial charge in [-0.25, -0.2) is 0 Å². The topological polar surface area (TPSA) is 20.3 Å². The third kappa shape index (κ3) is 5.09. The van der Waals surface area contributed by atoms with Crippen molar-refractivity contribution in [1.82, 2.24) is 4.90 Å². The first-order chi connectivity index (χ1) is 8.30. The second kappa shape index (κ2) is 6.70. The van der Waals surface area contributed by atoms with E-state index in [-0.39, 0.29) is 5.41 Å². The minimum absolute atomic E-state index is 0.200. The van der Waals surface area contributed by atoms with E-state index in [0.29, 0.717) is 18.4 Å². The zero-order chi connectivity index (χ0) is 13.8. The lowest BCUT2D eigenvalue weighted by Gasteiger charge is -2.31. The maximum absolute atomic E-state index is 12.2. The van der Waals surface area contributed by atoms with Crippen LogP contribution in [0.1, 0.15) is 66.7 Å². The largest absolute Gasteiger partial charge is 0.298 e. The standard InChI is InChI=1S/C16H31NO/c1-13(2)10-11-17(14-8-6-7-9-14)12-15(18)16(3,4)5/h13-14H,6-12H2,1-5H3. The maximum atomic E-state index is 12.2. The van der Waals surface area contributed by atoms with Crippen LogP contribution in [0, 0.1) is 11.3 Å². The number of hydrogen-bond donors (Lipinski definition) is 0. The van der Waals surface area contributed by atoms with Gasteiger partial charge in [-0.15, -0.1) is 0 Å². The van der Waals surface area contributed by atoms with Crippen molar-refractivity contribution in [3.63, 3.8) is 0 Å². The Morgan fingerprint density at radius 2 is 1.78 bits per heavy atom. The van der Waals surface area contributed by atoms with Crippen LogP contribution < -0.4 is 0 Å². The van der Waals surface area contributed by atoms with Gasteiger partial charge in [0, 0.05) is 11.5 Å². The van der Waals surface area contributed by atoms with Gasteiger partial charge in [0.05, 0.1) is 6.54 Å². The minimum atomic E-state index is -0.200. The van der Waals surface area contributed by atoms with Crippen molar-refractivity contribution in [1.29, 1.82) is 0 Å². The molecule has 18 heavy (non-hydrogen) atoms. The van der Waals surface area contributed by atoms with Crippen LogP contribution in [0.3, 0.4) is 0 Å². The third-order valence-electron chi connectivity index (χ3n) is 4.02. The van der Waals surface area contributed by atoms with Crippen LogP contribution in [-0.2, 0) is 4.79 Å². The average molecular weight is 253 g/mol. The van der Waals surface area contributed by atoms with Crippen molar-refractivity contribution in [3.05, 3.63) is 0 Å². The van der Waals surface area contributed by atoms with Gasteiger partial charge in [-0.2, -0.15) is 0 Å². The predicted octanol–water partition coefficient (Wildman–Crippen LogP) is 3.89. The van der Waals surface area contributed by atoms with Crippen molar-refractivity contribution < 1.29 is 4.79 Å². The molecule has 2 nitrogen and oxygen atoms in total. The molecule has 1 aliphatic carbocycles. The Hall–Kier alpha value is -0.370. The molecular formula is C16H31NO. The molecule has 2 heteroatoms. The summed E-state index contributed by atoms with van der Waals surface area (Å²) in [7, 11) is 0. The van der Waals surface area contributed by atoms with E-state index in [1.807, 2.05) is 20.8 Å². The van der Waals surface area contributed by atoms with E-state index in [0.717, 1.165) is 12.5 Å². The predicted molar refractivity (Wildman–Crippen MR) is 77.7 cm³/mol. The maximum Gasteiger partial charge on any atom is 0.152 e. The molecule has 0 saturated heterocycles. The van der Waals surface area contributed by atoms with Crippen LogP contribution in [0.2, 0.25) is 0 Å². The summed E-state index contributed by atoms with van der Waals surface area (Å²) in [5.74, 6) is 1.11. The van der Waals surface area contributed by atoms with E-state index >= 15 is 0 Å². The van der Waals surface area contributed by atoms with Gasteiger partial charge in [0.1, 0.15) is 0 Å². The Labute approximate surface area is 113 Å². The summed E-state index contributed by atoms with van der Waals surface area (Å²) in [6.45, 7) is 12.4. The second-order valence-corrected chi connectivity index (χ2v) is 7.26. The van der Waals surface area contributed by atoms with Crippen molar-refractivity contribution in [2.75, 3.05) is 13.1 Å². The lowest BCUT2D eigenvalue weighted by atomic mass is 9.90. The molecule has 0 heterocycles. The second-order valence-electron chi connectivity index (χ2n) is 7.26. The van der Waals surface area contributed by atoms with Gasteiger partial charge in [0.25, 0.3) is 0 Å². The van der Waals surface area contributed by atoms with E-state index in [1.165, 1.54) is 32.1 Å². The number of hydrogen-bond acceptors (Lipinski definition) is 2. The number of carbonyl (C=O) groups excluding carboxylic acids is 1. The molecule has 0 amide bonds. The Kier molecular flexibility index (Phi) is 5.84. The molecule has 0 aromatic heterocycles. The highest BCUT2D eigenvalue weighted by Crippen LogP contribution is 2.25. The van der Waals surface area contributed by atoms with Gasteiger partial charge >= 0.3 is 0 Å². The molecular weight excluding hydrogens is 222 g/mol. The molecule has 0 spiro atoms. The molecule has 0 unspecified atom stereocenters. The Morgan fingerprint density at radius 3 is 2.22 bits per heavy atom. The first kappa shape index (κ1) is 15.7. The molecule has 106 valence electrons. The van der Waals surface area contributed by atoms with Crippen LogP contribution >= 0.6 is 0 Å².